The summed E-state index contributed by atoms with van der Waals surface area (Å²) < 4.78 is 0. The SMILES string of the molecule is CNC(C)c1ccc(N(CC2CC2)CC2CC2)nc1. The molecule has 2 fully saturated rings. The van der Waals surface area contributed by atoms with Crippen molar-refractivity contribution in [1.82, 2.24) is 10.3 Å². The molecule has 1 heterocycles. The topological polar surface area (TPSA) is 28.2 Å². The fourth-order valence-electron chi connectivity index (χ4n) is 2.49. The summed E-state index contributed by atoms with van der Waals surface area (Å²) in [4.78, 5) is 7.21. The number of nitrogens with zero attached hydrogens (tertiary/aromatic N) is 2. The molecule has 1 atom stereocenters. The van der Waals surface area contributed by atoms with Crippen LogP contribution in [0, 0.1) is 11.8 Å². The van der Waals surface area contributed by atoms with E-state index in [1.165, 1.54) is 50.2 Å². The Balaban J connectivity index is 1.68. The molecule has 2 aliphatic carbocycles. The van der Waals surface area contributed by atoms with Gasteiger partial charge in [-0.3, -0.25) is 0 Å². The van der Waals surface area contributed by atoms with Gasteiger partial charge in [0.15, 0.2) is 0 Å². The minimum Gasteiger partial charge on any atom is -0.356 e. The Morgan fingerprint density at radius 1 is 1.21 bits per heavy atom. The molecule has 0 aromatic carbocycles. The lowest BCUT2D eigenvalue weighted by Crippen LogP contribution is -2.29. The van der Waals surface area contributed by atoms with Crippen molar-refractivity contribution in [3.8, 4) is 0 Å². The highest BCUT2D eigenvalue weighted by atomic mass is 15.2. The molecule has 104 valence electrons. The maximum absolute atomic E-state index is 4.70. The highest BCUT2D eigenvalue weighted by Crippen LogP contribution is 2.35. The maximum Gasteiger partial charge on any atom is 0.128 e. The third-order valence-corrected chi connectivity index (χ3v) is 4.38. The molecule has 3 nitrogen and oxygen atoms in total. The Kier molecular flexibility index (Phi) is 3.74. The minimum absolute atomic E-state index is 0.377. The molecular formula is C16H25N3. The first kappa shape index (κ1) is 12.9. The van der Waals surface area contributed by atoms with Crippen molar-refractivity contribution < 1.29 is 0 Å². The van der Waals surface area contributed by atoms with Gasteiger partial charge < -0.3 is 10.2 Å². The van der Waals surface area contributed by atoms with Gasteiger partial charge in [0.2, 0.25) is 0 Å². The summed E-state index contributed by atoms with van der Waals surface area (Å²) in [6, 6.07) is 4.80. The zero-order chi connectivity index (χ0) is 13.2. The molecule has 0 bridgehead atoms. The van der Waals surface area contributed by atoms with E-state index in [2.05, 4.69) is 29.3 Å². The molecule has 2 aliphatic rings. The molecule has 1 aromatic heterocycles. The summed E-state index contributed by atoms with van der Waals surface area (Å²) in [5.74, 6) is 3.03. The first-order chi connectivity index (χ1) is 9.26. The van der Waals surface area contributed by atoms with Gasteiger partial charge in [0, 0.05) is 25.3 Å². The van der Waals surface area contributed by atoms with Gasteiger partial charge in [-0.05, 0) is 63.1 Å². The third kappa shape index (κ3) is 3.47. The predicted molar refractivity (Wildman–Crippen MR) is 79.4 cm³/mol. The standard InChI is InChI=1S/C16H25N3/c1-12(17-2)15-7-8-16(18-9-15)19(10-13-3-4-13)11-14-5-6-14/h7-9,12-14,17H,3-6,10-11H2,1-2H3. The lowest BCUT2D eigenvalue weighted by atomic mass is 10.1. The van der Waals surface area contributed by atoms with Crippen LogP contribution in [0.25, 0.3) is 0 Å². The Hall–Kier alpha value is -1.09. The number of pyridine rings is 1. The molecule has 1 N–H and O–H groups in total. The molecule has 19 heavy (non-hydrogen) atoms. The second kappa shape index (κ2) is 5.49. The lowest BCUT2D eigenvalue weighted by Gasteiger charge is -2.24. The largest absolute Gasteiger partial charge is 0.356 e. The first-order valence-corrected chi connectivity index (χ1v) is 7.64. The number of hydrogen-bond donors (Lipinski definition) is 1. The average molecular weight is 259 g/mol. The Labute approximate surface area is 116 Å². The van der Waals surface area contributed by atoms with E-state index < -0.39 is 0 Å². The van der Waals surface area contributed by atoms with Crippen LogP contribution < -0.4 is 10.2 Å². The van der Waals surface area contributed by atoms with Crippen molar-refractivity contribution in [2.24, 2.45) is 11.8 Å². The van der Waals surface area contributed by atoms with E-state index in [4.69, 9.17) is 4.98 Å². The molecule has 1 unspecified atom stereocenters. The van der Waals surface area contributed by atoms with Gasteiger partial charge in [-0.1, -0.05) is 6.07 Å². The van der Waals surface area contributed by atoms with Gasteiger partial charge in [0.1, 0.15) is 5.82 Å². The third-order valence-electron chi connectivity index (χ3n) is 4.38. The van der Waals surface area contributed by atoms with E-state index in [0.717, 1.165) is 11.8 Å². The van der Waals surface area contributed by atoms with Gasteiger partial charge in [-0.15, -0.1) is 0 Å². The molecule has 1 aromatic rings. The smallest absolute Gasteiger partial charge is 0.128 e. The van der Waals surface area contributed by atoms with Crippen molar-refractivity contribution in [2.75, 3.05) is 25.0 Å². The van der Waals surface area contributed by atoms with Crippen LogP contribution in [-0.2, 0) is 0 Å². The molecule has 3 rings (SSSR count). The van der Waals surface area contributed by atoms with Crippen molar-refractivity contribution in [2.45, 2.75) is 38.6 Å². The van der Waals surface area contributed by atoms with Gasteiger partial charge in [-0.2, -0.15) is 0 Å². The van der Waals surface area contributed by atoms with Crippen LogP contribution in [-0.4, -0.2) is 25.1 Å². The summed E-state index contributed by atoms with van der Waals surface area (Å²) in [5, 5.41) is 3.26. The fourth-order valence-corrected chi connectivity index (χ4v) is 2.49. The van der Waals surface area contributed by atoms with Crippen LogP contribution in [0.3, 0.4) is 0 Å². The van der Waals surface area contributed by atoms with Crippen LogP contribution in [0.5, 0.6) is 0 Å². The van der Waals surface area contributed by atoms with Gasteiger partial charge in [0.05, 0.1) is 0 Å². The Morgan fingerprint density at radius 2 is 1.84 bits per heavy atom. The maximum atomic E-state index is 4.70. The van der Waals surface area contributed by atoms with E-state index >= 15 is 0 Å². The van der Waals surface area contributed by atoms with Crippen molar-refractivity contribution in [1.29, 1.82) is 0 Å². The summed E-state index contributed by atoms with van der Waals surface area (Å²) >= 11 is 0. The van der Waals surface area contributed by atoms with Crippen molar-refractivity contribution >= 4 is 5.82 Å². The molecular weight excluding hydrogens is 234 g/mol. The highest BCUT2D eigenvalue weighted by Gasteiger charge is 2.29. The monoisotopic (exact) mass is 259 g/mol. The number of rotatable bonds is 7. The summed E-state index contributed by atoms with van der Waals surface area (Å²) in [5.41, 5.74) is 1.27. The number of nitrogens with one attached hydrogen (secondary N) is 1. The van der Waals surface area contributed by atoms with E-state index in [1.54, 1.807) is 0 Å². The van der Waals surface area contributed by atoms with Crippen LogP contribution in [0.1, 0.15) is 44.2 Å². The summed E-state index contributed by atoms with van der Waals surface area (Å²) in [6.45, 7) is 4.59. The van der Waals surface area contributed by atoms with E-state index in [1.807, 2.05) is 13.2 Å². The van der Waals surface area contributed by atoms with Crippen LogP contribution in [0.15, 0.2) is 18.3 Å². The van der Waals surface area contributed by atoms with E-state index in [-0.39, 0.29) is 0 Å². The quantitative estimate of drug-likeness (QED) is 0.816. The molecule has 0 spiro atoms. The van der Waals surface area contributed by atoms with Gasteiger partial charge in [0.25, 0.3) is 0 Å². The minimum atomic E-state index is 0.377. The molecule has 3 heteroatoms. The van der Waals surface area contributed by atoms with Gasteiger partial charge >= 0.3 is 0 Å². The molecule has 0 saturated heterocycles. The average Bonchev–Trinajstić information content (AvgIpc) is 3.32. The second-order valence-electron chi connectivity index (χ2n) is 6.25. The van der Waals surface area contributed by atoms with Crippen LogP contribution in [0.2, 0.25) is 0 Å². The van der Waals surface area contributed by atoms with Crippen molar-refractivity contribution in [3.05, 3.63) is 23.9 Å². The van der Waals surface area contributed by atoms with Crippen molar-refractivity contribution in [3.63, 3.8) is 0 Å². The Bertz CT molecular complexity index is 393. The normalized spacial score (nSPS) is 20.3. The van der Waals surface area contributed by atoms with E-state index in [0.29, 0.717) is 6.04 Å². The molecule has 0 amide bonds. The number of anilines is 1. The predicted octanol–water partition coefficient (Wildman–Crippen LogP) is 2.99. The van der Waals surface area contributed by atoms with Crippen LogP contribution in [0.4, 0.5) is 5.82 Å². The highest BCUT2D eigenvalue weighted by molar-refractivity contribution is 5.40. The summed E-state index contributed by atoms with van der Waals surface area (Å²) in [7, 11) is 1.99. The zero-order valence-corrected chi connectivity index (χ0v) is 12.1. The summed E-state index contributed by atoms with van der Waals surface area (Å²) in [6.07, 6.45) is 7.68. The van der Waals surface area contributed by atoms with Gasteiger partial charge in [-0.25, -0.2) is 4.98 Å². The first-order valence-electron chi connectivity index (χ1n) is 7.64. The zero-order valence-electron chi connectivity index (χ0n) is 12.1. The second-order valence-corrected chi connectivity index (χ2v) is 6.25. The Morgan fingerprint density at radius 3 is 2.26 bits per heavy atom. The lowest BCUT2D eigenvalue weighted by molar-refractivity contribution is 0.645. The molecule has 2 saturated carbocycles. The van der Waals surface area contributed by atoms with E-state index in [9.17, 15) is 0 Å². The number of aromatic nitrogens is 1. The fraction of sp³-hybridized carbons (Fsp3) is 0.688. The van der Waals surface area contributed by atoms with Crippen LogP contribution >= 0.6 is 0 Å². The molecule has 0 radical (unpaired) electrons. The molecule has 0 aliphatic heterocycles. The number of hydrogen-bond acceptors (Lipinski definition) is 3.